The Hall–Kier alpha value is -1.88. The van der Waals surface area contributed by atoms with Crippen molar-refractivity contribution in [3.05, 3.63) is 69.9 Å². The molecule has 0 spiro atoms. The van der Waals surface area contributed by atoms with E-state index in [-0.39, 0.29) is 11.8 Å². The monoisotopic (exact) mass is 350 g/mol. The van der Waals surface area contributed by atoms with E-state index in [1.807, 2.05) is 30.3 Å². The first-order valence-electron chi connectivity index (χ1n) is 6.64. The molecule has 110 valence electrons. The van der Waals surface area contributed by atoms with Gasteiger partial charge >= 0.3 is 6.03 Å². The molecule has 2 aromatic rings. The van der Waals surface area contributed by atoms with Crippen LogP contribution in [-0.2, 0) is 13.0 Å². The molecule has 0 atom stereocenters. The number of carbonyl (C=O) groups excluding carboxylic acids is 1. The highest BCUT2D eigenvalue weighted by Crippen LogP contribution is 2.11. The highest BCUT2D eigenvalue weighted by Gasteiger charge is 2.01. The zero-order chi connectivity index (χ0) is 15.1. The highest BCUT2D eigenvalue weighted by molar-refractivity contribution is 9.10. The topological polar surface area (TPSA) is 41.1 Å². The summed E-state index contributed by atoms with van der Waals surface area (Å²) in [6.45, 7) is 0.930. The smallest absolute Gasteiger partial charge is 0.315 e. The second-order valence-corrected chi connectivity index (χ2v) is 5.53. The van der Waals surface area contributed by atoms with Crippen LogP contribution < -0.4 is 10.6 Å². The number of hydrogen-bond acceptors (Lipinski definition) is 1. The number of amides is 2. The average molecular weight is 351 g/mol. The summed E-state index contributed by atoms with van der Waals surface area (Å²) in [5.74, 6) is -0.258. The van der Waals surface area contributed by atoms with Gasteiger partial charge in [-0.2, -0.15) is 0 Å². The van der Waals surface area contributed by atoms with E-state index in [9.17, 15) is 9.18 Å². The molecule has 0 aliphatic heterocycles. The van der Waals surface area contributed by atoms with Crippen molar-refractivity contribution < 1.29 is 9.18 Å². The van der Waals surface area contributed by atoms with Crippen LogP contribution in [-0.4, -0.2) is 12.6 Å². The van der Waals surface area contributed by atoms with Gasteiger partial charge in [0.15, 0.2) is 0 Å². The van der Waals surface area contributed by atoms with Crippen molar-refractivity contribution in [2.24, 2.45) is 0 Å². The maximum absolute atomic E-state index is 13.0. The second-order valence-electron chi connectivity index (χ2n) is 4.62. The third-order valence-corrected chi connectivity index (χ3v) is 3.42. The number of hydrogen-bond donors (Lipinski definition) is 2. The molecule has 5 heteroatoms. The van der Waals surface area contributed by atoms with Gasteiger partial charge in [-0.3, -0.25) is 0 Å². The molecule has 0 saturated heterocycles. The minimum atomic E-state index is -0.258. The van der Waals surface area contributed by atoms with Crippen LogP contribution in [0.3, 0.4) is 0 Å². The van der Waals surface area contributed by atoms with Crippen molar-refractivity contribution in [1.82, 2.24) is 10.6 Å². The fourth-order valence-corrected chi connectivity index (χ4v) is 2.35. The van der Waals surface area contributed by atoms with Gasteiger partial charge in [0.1, 0.15) is 5.82 Å². The molecule has 0 aromatic heterocycles. The fraction of sp³-hybridized carbons (Fsp3) is 0.188. The van der Waals surface area contributed by atoms with Gasteiger partial charge in [-0.15, -0.1) is 0 Å². The normalized spacial score (nSPS) is 10.2. The number of halogens is 2. The van der Waals surface area contributed by atoms with Crippen LogP contribution in [0, 0.1) is 5.82 Å². The molecule has 0 heterocycles. The molecular formula is C16H16BrFN2O. The lowest BCUT2D eigenvalue weighted by Crippen LogP contribution is -2.36. The molecule has 0 aliphatic rings. The summed E-state index contributed by atoms with van der Waals surface area (Å²) in [7, 11) is 0. The average Bonchev–Trinajstić information content (AvgIpc) is 2.45. The summed E-state index contributed by atoms with van der Waals surface area (Å²) in [5, 5.41) is 5.53. The van der Waals surface area contributed by atoms with Crippen LogP contribution in [0.2, 0.25) is 0 Å². The van der Waals surface area contributed by atoms with Crippen molar-refractivity contribution in [3.63, 3.8) is 0 Å². The number of urea groups is 1. The maximum atomic E-state index is 13.0. The van der Waals surface area contributed by atoms with E-state index < -0.39 is 0 Å². The van der Waals surface area contributed by atoms with Crippen molar-refractivity contribution in [1.29, 1.82) is 0 Å². The third-order valence-electron chi connectivity index (χ3n) is 2.93. The molecule has 3 nitrogen and oxygen atoms in total. The Bertz CT molecular complexity index is 619. The number of nitrogens with one attached hydrogen (secondary N) is 2. The highest BCUT2D eigenvalue weighted by atomic mass is 79.9. The number of benzene rings is 2. The third kappa shape index (κ3) is 5.55. The molecule has 2 aromatic carbocycles. The summed E-state index contributed by atoms with van der Waals surface area (Å²) in [6.07, 6.45) is 0.599. The predicted molar refractivity (Wildman–Crippen MR) is 84.5 cm³/mol. The van der Waals surface area contributed by atoms with Gasteiger partial charge in [-0.1, -0.05) is 40.2 Å². The minimum Gasteiger partial charge on any atom is -0.338 e. The first-order valence-corrected chi connectivity index (χ1v) is 7.43. The van der Waals surface area contributed by atoms with Crippen molar-refractivity contribution in [2.75, 3.05) is 6.54 Å². The number of carbonyl (C=O) groups is 1. The van der Waals surface area contributed by atoms with Gasteiger partial charge < -0.3 is 10.6 Å². The second kappa shape index (κ2) is 7.78. The van der Waals surface area contributed by atoms with Crippen LogP contribution >= 0.6 is 15.9 Å². The van der Waals surface area contributed by atoms with Gasteiger partial charge in [0.2, 0.25) is 0 Å². The van der Waals surface area contributed by atoms with E-state index >= 15 is 0 Å². The maximum Gasteiger partial charge on any atom is 0.315 e. The quantitative estimate of drug-likeness (QED) is 0.849. The zero-order valence-corrected chi connectivity index (χ0v) is 13.0. The molecule has 0 fully saturated rings. The molecule has 0 bridgehead atoms. The van der Waals surface area contributed by atoms with Gasteiger partial charge in [0, 0.05) is 17.6 Å². The predicted octanol–water partition coefficient (Wildman–Crippen LogP) is 3.63. The molecule has 21 heavy (non-hydrogen) atoms. The van der Waals surface area contributed by atoms with E-state index in [0.29, 0.717) is 19.5 Å². The van der Waals surface area contributed by atoms with E-state index in [2.05, 4.69) is 26.6 Å². The lowest BCUT2D eigenvalue weighted by molar-refractivity contribution is 0.240. The van der Waals surface area contributed by atoms with Gasteiger partial charge in [0.25, 0.3) is 0 Å². The van der Waals surface area contributed by atoms with E-state index in [1.54, 1.807) is 6.07 Å². The van der Waals surface area contributed by atoms with Gasteiger partial charge in [0.05, 0.1) is 0 Å². The Morgan fingerprint density at radius 2 is 1.81 bits per heavy atom. The van der Waals surface area contributed by atoms with Crippen molar-refractivity contribution in [3.8, 4) is 0 Å². The zero-order valence-electron chi connectivity index (χ0n) is 11.4. The summed E-state index contributed by atoms with van der Waals surface area (Å²) in [6, 6.07) is 13.9. The molecule has 0 unspecified atom stereocenters. The lowest BCUT2D eigenvalue weighted by Gasteiger charge is -2.08. The van der Waals surface area contributed by atoms with E-state index in [0.717, 1.165) is 15.6 Å². The Morgan fingerprint density at radius 1 is 1.05 bits per heavy atom. The Labute approximate surface area is 131 Å². The largest absolute Gasteiger partial charge is 0.338 e. The van der Waals surface area contributed by atoms with Crippen molar-refractivity contribution in [2.45, 2.75) is 13.0 Å². The van der Waals surface area contributed by atoms with Crippen LogP contribution in [0.4, 0.5) is 9.18 Å². The molecule has 2 amide bonds. The van der Waals surface area contributed by atoms with Gasteiger partial charge in [-0.05, 0) is 41.8 Å². The van der Waals surface area contributed by atoms with Crippen LogP contribution in [0.5, 0.6) is 0 Å². The standard InChI is InChI=1S/C16H16BrFN2O/c17-14-5-1-4-13(9-14)11-20-16(21)19-8-7-12-3-2-6-15(18)10-12/h1-6,9-10H,7-8,11H2,(H2,19,20,21). The molecule has 2 N–H and O–H groups in total. The summed E-state index contributed by atoms with van der Waals surface area (Å²) in [4.78, 5) is 11.7. The van der Waals surface area contributed by atoms with Crippen molar-refractivity contribution >= 4 is 22.0 Å². The first-order chi connectivity index (χ1) is 10.1. The molecule has 0 aliphatic carbocycles. The molecule has 2 rings (SSSR count). The summed E-state index contributed by atoms with van der Waals surface area (Å²) < 4.78 is 14.0. The van der Waals surface area contributed by atoms with Crippen LogP contribution in [0.1, 0.15) is 11.1 Å². The van der Waals surface area contributed by atoms with Gasteiger partial charge in [-0.25, -0.2) is 9.18 Å². The van der Waals surface area contributed by atoms with Crippen LogP contribution in [0.15, 0.2) is 53.0 Å². The molecule has 0 radical (unpaired) electrons. The van der Waals surface area contributed by atoms with Crippen LogP contribution in [0.25, 0.3) is 0 Å². The van der Waals surface area contributed by atoms with E-state index in [1.165, 1.54) is 12.1 Å². The fourth-order valence-electron chi connectivity index (χ4n) is 1.90. The Kier molecular flexibility index (Phi) is 5.75. The Morgan fingerprint density at radius 3 is 2.57 bits per heavy atom. The summed E-state index contributed by atoms with van der Waals surface area (Å²) in [5.41, 5.74) is 1.88. The SMILES string of the molecule is O=C(NCCc1cccc(F)c1)NCc1cccc(Br)c1. The first kappa shape index (κ1) is 15.5. The van der Waals surface area contributed by atoms with E-state index in [4.69, 9.17) is 0 Å². The Balaban J connectivity index is 1.70. The lowest BCUT2D eigenvalue weighted by atomic mass is 10.1. The summed E-state index contributed by atoms with van der Waals surface area (Å²) >= 11 is 3.38. The molecular weight excluding hydrogens is 335 g/mol. The minimum absolute atomic E-state index is 0.230. The number of rotatable bonds is 5. The molecule has 0 saturated carbocycles.